The Morgan fingerprint density at radius 3 is 2.54 bits per heavy atom. The number of nitrogens with zero attached hydrogens (tertiary/aromatic N) is 1. The molecule has 1 aliphatic rings. The van der Waals surface area contributed by atoms with Crippen LogP contribution in [-0.2, 0) is 20.7 Å². The van der Waals surface area contributed by atoms with Gasteiger partial charge in [-0.3, -0.25) is 9.59 Å². The maximum absolute atomic E-state index is 12.7. The van der Waals surface area contributed by atoms with Gasteiger partial charge in [-0.2, -0.15) is 0 Å². The third-order valence-corrected chi connectivity index (χ3v) is 3.88. The topological polar surface area (TPSA) is 83.9 Å². The van der Waals surface area contributed by atoms with Gasteiger partial charge >= 0.3 is 12.1 Å². The Morgan fingerprint density at radius 1 is 1.29 bits per heavy atom. The van der Waals surface area contributed by atoms with Crippen molar-refractivity contribution in [2.45, 2.75) is 52.1 Å². The number of carboxylic acid groups (broad SMARTS) is 1. The molecule has 0 radical (unpaired) electrons. The number of imide groups is 1. The van der Waals surface area contributed by atoms with Crippen LogP contribution in [0.3, 0.4) is 0 Å². The Bertz CT molecular complexity index is 674. The first-order valence-electron chi connectivity index (χ1n) is 7.94. The summed E-state index contributed by atoms with van der Waals surface area (Å²) in [7, 11) is 0. The fraction of sp³-hybridized carbons (Fsp3) is 0.500. The molecule has 6 heteroatoms. The molecule has 0 spiro atoms. The zero-order valence-corrected chi connectivity index (χ0v) is 14.5. The van der Waals surface area contributed by atoms with E-state index in [4.69, 9.17) is 4.74 Å². The summed E-state index contributed by atoms with van der Waals surface area (Å²) < 4.78 is 5.12. The number of amides is 2. The molecule has 0 fully saturated rings. The van der Waals surface area contributed by atoms with Crippen LogP contribution in [0.4, 0.5) is 4.79 Å². The molecule has 2 rings (SSSR count). The number of hydrogen-bond acceptors (Lipinski definition) is 4. The molecule has 0 aliphatic heterocycles. The Kier molecular flexibility index (Phi) is 4.96. The van der Waals surface area contributed by atoms with E-state index in [1.807, 2.05) is 25.1 Å². The average molecular weight is 333 g/mol. The molecule has 0 bridgehead atoms. The number of rotatable bonds is 3. The predicted octanol–water partition coefficient (Wildman–Crippen LogP) is 2.87. The highest BCUT2D eigenvalue weighted by Crippen LogP contribution is 2.35. The van der Waals surface area contributed by atoms with Crippen molar-refractivity contribution in [3.63, 3.8) is 0 Å². The van der Waals surface area contributed by atoms with Gasteiger partial charge < -0.3 is 9.84 Å². The normalized spacial score (nSPS) is 16.4. The van der Waals surface area contributed by atoms with Gasteiger partial charge in [-0.25, -0.2) is 9.69 Å². The van der Waals surface area contributed by atoms with Gasteiger partial charge in [0, 0.05) is 0 Å². The van der Waals surface area contributed by atoms with Crippen LogP contribution in [0.25, 0.3) is 0 Å². The van der Waals surface area contributed by atoms with Gasteiger partial charge in [0.15, 0.2) is 0 Å². The van der Waals surface area contributed by atoms with Gasteiger partial charge in [-0.05, 0) is 51.7 Å². The molecule has 1 atom stereocenters. The van der Waals surface area contributed by atoms with Crippen molar-refractivity contribution in [2.75, 3.05) is 6.54 Å². The molecule has 1 aromatic carbocycles. The number of aryl methyl sites for hydroxylation is 2. The molecule has 0 saturated heterocycles. The summed E-state index contributed by atoms with van der Waals surface area (Å²) in [5.41, 5.74) is 2.28. The van der Waals surface area contributed by atoms with E-state index in [1.165, 1.54) is 0 Å². The Morgan fingerprint density at radius 2 is 1.96 bits per heavy atom. The van der Waals surface area contributed by atoms with Gasteiger partial charge in [-0.15, -0.1) is 0 Å². The number of hydrogen-bond donors (Lipinski definition) is 1. The van der Waals surface area contributed by atoms with E-state index in [-0.39, 0.29) is 0 Å². The number of carbonyl (C=O) groups is 3. The lowest BCUT2D eigenvalue weighted by Crippen LogP contribution is -2.43. The van der Waals surface area contributed by atoms with Crippen molar-refractivity contribution in [3.05, 3.63) is 34.9 Å². The van der Waals surface area contributed by atoms with Crippen LogP contribution in [0.2, 0.25) is 0 Å². The zero-order valence-electron chi connectivity index (χ0n) is 14.5. The second kappa shape index (κ2) is 6.63. The SMILES string of the molecule is Cc1ccc2c(c1)CC[C@@H]2C(=O)N(CC(=O)OC(C)(C)C)C(=O)O. The second-order valence-electron chi connectivity index (χ2n) is 7.09. The van der Waals surface area contributed by atoms with E-state index in [0.717, 1.165) is 23.1 Å². The predicted molar refractivity (Wildman–Crippen MR) is 87.8 cm³/mol. The third kappa shape index (κ3) is 4.13. The monoisotopic (exact) mass is 333 g/mol. The molecular formula is C18H23NO5. The standard InChI is InChI=1S/C18H23NO5/c1-11-5-7-13-12(9-11)6-8-14(13)16(21)19(17(22)23)10-15(20)24-18(2,3)4/h5,7,9,14H,6,8,10H2,1-4H3,(H,22,23)/t14-/m0/s1. The summed E-state index contributed by atoms with van der Waals surface area (Å²) in [6.07, 6.45) is -0.158. The van der Waals surface area contributed by atoms with Crippen LogP contribution in [0.15, 0.2) is 18.2 Å². The first kappa shape index (κ1) is 18.0. The smallest absolute Gasteiger partial charge is 0.414 e. The number of fused-ring (bicyclic) bond motifs is 1. The summed E-state index contributed by atoms with van der Waals surface area (Å²) in [6.45, 7) is 6.44. The van der Waals surface area contributed by atoms with Crippen molar-refractivity contribution >= 4 is 18.0 Å². The van der Waals surface area contributed by atoms with Gasteiger partial charge in [0.25, 0.3) is 0 Å². The lowest BCUT2D eigenvalue weighted by atomic mass is 9.99. The van der Waals surface area contributed by atoms with E-state index >= 15 is 0 Å². The van der Waals surface area contributed by atoms with Gasteiger partial charge in [0.05, 0.1) is 5.92 Å². The van der Waals surface area contributed by atoms with Crippen molar-refractivity contribution < 1.29 is 24.2 Å². The minimum atomic E-state index is -1.44. The number of carbonyl (C=O) groups excluding carboxylic acids is 2. The highest BCUT2D eigenvalue weighted by Gasteiger charge is 2.36. The quantitative estimate of drug-likeness (QED) is 0.860. The lowest BCUT2D eigenvalue weighted by Gasteiger charge is -2.24. The van der Waals surface area contributed by atoms with Gasteiger partial charge in [0.1, 0.15) is 12.1 Å². The van der Waals surface area contributed by atoms with Crippen LogP contribution >= 0.6 is 0 Å². The Labute approximate surface area is 141 Å². The summed E-state index contributed by atoms with van der Waals surface area (Å²) in [4.78, 5) is 36.6. The second-order valence-corrected chi connectivity index (χ2v) is 7.09. The first-order chi connectivity index (χ1) is 11.1. The number of ether oxygens (including phenoxy) is 1. The first-order valence-corrected chi connectivity index (χ1v) is 7.94. The van der Waals surface area contributed by atoms with Crippen molar-refractivity contribution in [1.29, 1.82) is 0 Å². The van der Waals surface area contributed by atoms with Gasteiger partial charge in [-0.1, -0.05) is 23.8 Å². The van der Waals surface area contributed by atoms with E-state index in [1.54, 1.807) is 20.8 Å². The highest BCUT2D eigenvalue weighted by atomic mass is 16.6. The molecule has 1 aliphatic carbocycles. The summed E-state index contributed by atoms with van der Waals surface area (Å²) >= 11 is 0. The van der Waals surface area contributed by atoms with E-state index in [9.17, 15) is 19.5 Å². The summed E-state index contributed by atoms with van der Waals surface area (Å²) in [6, 6.07) is 5.79. The summed E-state index contributed by atoms with van der Waals surface area (Å²) in [5, 5.41) is 9.34. The minimum Gasteiger partial charge on any atom is -0.465 e. The van der Waals surface area contributed by atoms with Crippen molar-refractivity contribution in [1.82, 2.24) is 4.90 Å². The fourth-order valence-electron chi connectivity index (χ4n) is 2.93. The molecule has 0 unspecified atom stereocenters. The maximum Gasteiger partial charge on any atom is 0.414 e. The zero-order chi connectivity index (χ0) is 18.1. The van der Waals surface area contributed by atoms with Crippen molar-refractivity contribution in [2.24, 2.45) is 0 Å². The molecule has 1 N–H and O–H groups in total. The molecule has 130 valence electrons. The van der Waals surface area contributed by atoms with E-state index in [2.05, 4.69) is 0 Å². The van der Waals surface area contributed by atoms with Crippen molar-refractivity contribution in [3.8, 4) is 0 Å². The van der Waals surface area contributed by atoms with E-state index in [0.29, 0.717) is 11.3 Å². The molecule has 0 heterocycles. The minimum absolute atomic E-state index is 0.529. The van der Waals surface area contributed by atoms with Crippen LogP contribution < -0.4 is 0 Å². The van der Waals surface area contributed by atoms with Gasteiger partial charge in [0.2, 0.25) is 5.91 Å². The average Bonchev–Trinajstić information content (AvgIpc) is 2.84. The van der Waals surface area contributed by atoms with Crippen LogP contribution in [0, 0.1) is 6.92 Å². The number of esters is 1. The highest BCUT2D eigenvalue weighted by molar-refractivity contribution is 5.98. The lowest BCUT2D eigenvalue weighted by molar-refractivity contribution is -0.158. The third-order valence-electron chi connectivity index (χ3n) is 3.88. The Balaban J connectivity index is 2.17. The summed E-state index contributed by atoms with van der Waals surface area (Å²) in [5.74, 6) is -1.84. The largest absolute Gasteiger partial charge is 0.465 e. The molecular weight excluding hydrogens is 310 g/mol. The molecule has 24 heavy (non-hydrogen) atoms. The molecule has 0 aromatic heterocycles. The molecule has 0 saturated carbocycles. The maximum atomic E-state index is 12.7. The van der Waals surface area contributed by atoms with E-state index < -0.39 is 36.0 Å². The molecule has 1 aromatic rings. The molecule has 6 nitrogen and oxygen atoms in total. The number of benzene rings is 1. The van der Waals surface area contributed by atoms with Crippen LogP contribution in [0.5, 0.6) is 0 Å². The fourth-order valence-corrected chi connectivity index (χ4v) is 2.93. The van der Waals surface area contributed by atoms with Crippen LogP contribution in [0.1, 0.15) is 49.8 Å². The van der Waals surface area contributed by atoms with Crippen LogP contribution in [-0.4, -0.2) is 40.1 Å². The Hall–Kier alpha value is -2.37. The molecule has 2 amide bonds.